The number of hydrogen-bond donors (Lipinski definition) is 3. The summed E-state index contributed by atoms with van der Waals surface area (Å²) in [7, 11) is 0. The molecule has 0 heterocycles. The summed E-state index contributed by atoms with van der Waals surface area (Å²) in [5, 5.41) is 19.2. The first-order chi connectivity index (χ1) is 12.7. The maximum atomic E-state index is 12.4. The van der Waals surface area contributed by atoms with Gasteiger partial charge in [0, 0.05) is 11.3 Å². The molecular formula is C21H21N3O2. The van der Waals surface area contributed by atoms with Gasteiger partial charge in [0.2, 0.25) is 0 Å². The summed E-state index contributed by atoms with van der Waals surface area (Å²) in [4.78, 5) is 12.4. The molecule has 0 unspecified atom stereocenters. The predicted octanol–water partition coefficient (Wildman–Crippen LogP) is 3.89. The fraction of sp³-hybridized carbons (Fsp3) is 0.143. The summed E-state index contributed by atoms with van der Waals surface area (Å²) in [6.45, 7) is 1.93. The van der Waals surface area contributed by atoms with Gasteiger partial charge in [-0.3, -0.25) is 4.79 Å². The Morgan fingerprint density at radius 3 is 2.58 bits per heavy atom. The molecule has 0 aromatic heterocycles. The Hall–Kier alpha value is -3.34. The highest BCUT2D eigenvalue weighted by atomic mass is 16.3. The normalized spacial score (nSPS) is 12.2. The number of anilines is 1. The Morgan fingerprint density at radius 1 is 1.08 bits per heavy atom. The molecule has 26 heavy (non-hydrogen) atoms. The molecule has 1 amide bonds. The number of para-hydroxylation sites is 1. The van der Waals surface area contributed by atoms with E-state index in [1.807, 2.05) is 67.6 Å². The lowest BCUT2D eigenvalue weighted by atomic mass is 10.0. The molecule has 3 N–H and O–H groups in total. The lowest BCUT2D eigenvalue weighted by molar-refractivity contribution is -0.121. The summed E-state index contributed by atoms with van der Waals surface area (Å²) >= 11 is 0. The van der Waals surface area contributed by atoms with Gasteiger partial charge in [-0.1, -0.05) is 55.5 Å². The van der Waals surface area contributed by atoms with E-state index < -0.39 is 6.04 Å². The van der Waals surface area contributed by atoms with Crippen LogP contribution >= 0.6 is 0 Å². The predicted molar refractivity (Wildman–Crippen MR) is 105 cm³/mol. The van der Waals surface area contributed by atoms with Crippen molar-refractivity contribution in [3.63, 3.8) is 0 Å². The molecule has 5 heteroatoms. The highest BCUT2D eigenvalue weighted by molar-refractivity contribution is 6.02. The fourth-order valence-corrected chi connectivity index (χ4v) is 2.75. The summed E-state index contributed by atoms with van der Waals surface area (Å²) in [6.07, 6.45) is 2.10. The van der Waals surface area contributed by atoms with Crippen molar-refractivity contribution in [2.75, 3.05) is 5.32 Å². The largest absolute Gasteiger partial charge is 0.507 e. The van der Waals surface area contributed by atoms with Gasteiger partial charge in [-0.15, -0.1) is 0 Å². The number of carbonyl (C=O) groups is 1. The van der Waals surface area contributed by atoms with Crippen LogP contribution in [0.1, 0.15) is 18.9 Å². The number of aromatic hydroxyl groups is 1. The summed E-state index contributed by atoms with van der Waals surface area (Å²) in [5.74, 6) is -0.108. The van der Waals surface area contributed by atoms with Crippen molar-refractivity contribution in [2.24, 2.45) is 5.10 Å². The van der Waals surface area contributed by atoms with E-state index in [2.05, 4.69) is 15.8 Å². The van der Waals surface area contributed by atoms with Crippen LogP contribution in [0.15, 0.2) is 71.8 Å². The molecule has 0 saturated carbocycles. The lowest BCUT2D eigenvalue weighted by Gasteiger charge is -2.16. The van der Waals surface area contributed by atoms with Gasteiger partial charge in [0.1, 0.15) is 11.8 Å². The molecule has 1 atom stereocenters. The van der Waals surface area contributed by atoms with Crippen molar-refractivity contribution >= 4 is 28.6 Å². The Morgan fingerprint density at radius 2 is 1.81 bits per heavy atom. The molecule has 3 rings (SSSR count). The second-order valence-electron chi connectivity index (χ2n) is 5.92. The van der Waals surface area contributed by atoms with Crippen LogP contribution in [0.5, 0.6) is 5.75 Å². The average molecular weight is 347 g/mol. The zero-order valence-corrected chi connectivity index (χ0v) is 14.5. The zero-order chi connectivity index (χ0) is 18.4. The second-order valence-corrected chi connectivity index (χ2v) is 5.92. The van der Waals surface area contributed by atoms with Gasteiger partial charge < -0.3 is 10.4 Å². The van der Waals surface area contributed by atoms with Crippen LogP contribution in [-0.2, 0) is 4.79 Å². The number of hydrogen-bond acceptors (Lipinski definition) is 4. The van der Waals surface area contributed by atoms with Gasteiger partial charge in [0.15, 0.2) is 0 Å². The number of nitrogens with zero attached hydrogens (tertiary/aromatic N) is 1. The first-order valence-corrected chi connectivity index (χ1v) is 8.54. The highest BCUT2D eigenvalue weighted by Crippen LogP contribution is 2.25. The minimum atomic E-state index is -0.393. The van der Waals surface area contributed by atoms with Crippen molar-refractivity contribution in [3.8, 4) is 5.75 Å². The number of rotatable bonds is 6. The molecule has 0 fully saturated rings. The van der Waals surface area contributed by atoms with E-state index in [-0.39, 0.29) is 11.7 Å². The van der Waals surface area contributed by atoms with Crippen molar-refractivity contribution in [3.05, 3.63) is 72.3 Å². The number of phenolic OH excluding ortho intramolecular Hbond substituents is 1. The highest BCUT2D eigenvalue weighted by Gasteiger charge is 2.15. The molecule has 0 aliphatic rings. The molecule has 0 bridgehead atoms. The minimum absolute atomic E-state index is 0.121. The Labute approximate surface area is 152 Å². The van der Waals surface area contributed by atoms with Crippen LogP contribution in [0.25, 0.3) is 10.8 Å². The maximum Gasteiger partial charge on any atom is 0.262 e. The summed E-state index contributed by atoms with van der Waals surface area (Å²) < 4.78 is 0. The van der Waals surface area contributed by atoms with Crippen molar-refractivity contribution < 1.29 is 9.90 Å². The van der Waals surface area contributed by atoms with Gasteiger partial charge in [0.05, 0.1) is 6.21 Å². The Kier molecular flexibility index (Phi) is 5.49. The van der Waals surface area contributed by atoms with Crippen molar-refractivity contribution in [1.29, 1.82) is 0 Å². The quantitative estimate of drug-likeness (QED) is 0.468. The summed E-state index contributed by atoms with van der Waals surface area (Å²) in [6, 6.07) is 20.3. The number of hydrazone groups is 1. The van der Waals surface area contributed by atoms with Crippen LogP contribution in [-0.4, -0.2) is 23.3 Å². The molecule has 0 spiro atoms. The number of phenols is 1. The molecule has 0 radical (unpaired) electrons. The minimum Gasteiger partial charge on any atom is -0.507 e. The monoisotopic (exact) mass is 347 g/mol. The first kappa shape index (κ1) is 17.5. The molecule has 0 aliphatic heterocycles. The van der Waals surface area contributed by atoms with Crippen molar-refractivity contribution in [2.45, 2.75) is 19.4 Å². The van der Waals surface area contributed by atoms with E-state index in [0.29, 0.717) is 12.0 Å². The van der Waals surface area contributed by atoms with E-state index in [1.165, 1.54) is 6.21 Å². The third-order valence-corrected chi connectivity index (χ3v) is 4.16. The molecule has 3 aromatic carbocycles. The molecule has 5 nitrogen and oxygen atoms in total. The van der Waals surface area contributed by atoms with E-state index >= 15 is 0 Å². The Balaban J connectivity index is 1.71. The average Bonchev–Trinajstić information content (AvgIpc) is 2.68. The van der Waals surface area contributed by atoms with Gasteiger partial charge in [0.25, 0.3) is 5.91 Å². The molecular weight excluding hydrogens is 326 g/mol. The number of benzene rings is 3. The van der Waals surface area contributed by atoms with Crippen LogP contribution in [0, 0.1) is 0 Å². The lowest BCUT2D eigenvalue weighted by Crippen LogP contribution is -2.36. The van der Waals surface area contributed by atoms with Gasteiger partial charge >= 0.3 is 0 Å². The third kappa shape index (κ3) is 4.00. The molecule has 0 saturated heterocycles. The molecule has 0 aliphatic carbocycles. The number of fused-ring (bicyclic) bond motifs is 1. The third-order valence-electron chi connectivity index (χ3n) is 4.16. The second kappa shape index (κ2) is 8.16. The van der Waals surface area contributed by atoms with E-state index in [4.69, 9.17) is 0 Å². The fourth-order valence-electron chi connectivity index (χ4n) is 2.75. The van der Waals surface area contributed by atoms with Crippen molar-refractivity contribution in [1.82, 2.24) is 5.43 Å². The maximum absolute atomic E-state index is 12.4. The van der Waals surface area contributed by atoms with Crippen LogP contribution in [0.3, 0.4) is 0 Å². The molecule has 3 aromatic rings. The van der Waals surface area contributed by atoms with E-state index in [1.54, 1.807) is 6.07 Å². The van der Waals surface area contributed by atoms with Gasteiger partial charge in [-0.05, 0) is 35.4 Å². The van der Waals surface area contributed by atoms with Crippen LogP contribution in [0.2, 0.25) is 0 Å². The van der Waals surface area contributed by atoms with Gasteiger partial charge in [-0.2, -0.15) is 5.10 Å². The topological polar surface area (TPSA) is 73.7 Å². The SMILES string of the molecule is CC[C@H](Nc1ccccc1)C(=O)N/N=C/c1c(O)ccc2ccccc12. The number of carbonyl (C=O) groups excluding carboxylic acids is 1. The Bertz CT molecular complexity index is 923. The first-order valence-electron chi connectivity index (χ1n) is 8.54. The smallest absolute Gasteiger partial charge is 0.262 e. The van der Waals surface area contributed by atoms with Gasteiger partial charge in [-0.25, -0.2) is 5.43 Å². The standard InChI is InChI=1S/C21H21N3O2/c1-2-19(23-16-9-4-3-5-10-16)21(26)24-22-14-18-17-11-7-6-8-15(17)12-13-20(18)25/h3-14,19,23,25H,2H2,1H3,(H,24,26)/b22-14+/t19-/m0/s1. The molecule has 132 valence electrons. The van der Waals surface area contributed by atoms with Crippen LogP contribution in [0.4, 0.5) is 5.69 Å². The zero-order valence-electron chi connectivity index (χ0n) is 14.5. The number of amides is 1. The number of nitrogens with one attached hydrogen (secondary N) is 2. The van der Waals surface area contributed by atoms with E-state index in [0.717, 1.165) is 16.5 Å². The summed E-state index contributed by atoms with van der Waals surface area (Å²) in [5.41, 5.74) is 4.01. The van der Waals surface area contributed by atoms with Crippen LogP contribution < -0.4 is 10.7 Å². The van der Waals surface area contributed by atoms with E-state index in [9.17, 15) is 9.90 Å².